The van der Waals surface area contributed by atoms with Gasteiger partial charge in [-0.2, -0.15) is 0 Å². The summed E-state index contributed by atoms with van der Waals surface area (Å²) < 4.78 is 11.1. The number of amides is 1. The van der Waals surface area contributed by atoms with Crippen LogP contribution in [-0.2, 0) is 4.74 Å². The summed E-state index contributed by atoms with van der Waals surface area (Å²) in [5.74, 6) is 0. The van der Waals surface area contributed by atoms with Crippen LogP contribution < -0.4 is 10.1 Å². The van der Waals surface area contributed by atoms with Gasteiger partial charge in [0.2, 0.25) is 0 Å². The SMILES string of the molecule is COc1sc(C2CNC(=O)O2)cc1Br. The molecule has 0 aliphatic carbocycles. The van der Waals surface area contributed by atoms with Crippen molar-refractivity contribution in [2.75, 3.05) is 13.7 Å². The van der Waals surface area contributed by atoms with E-state index in [9.17, 15) is 4.79 Å². The zero-order valence-electron chi connectivity index (χ0n) is 7.37. The predicted molar refractivity (Wildman–Crippen MR) is 55.8 cm³/mol. The monoisotopic (exact) mass is 277 g/mol. The van der Waals surface area contributed by atoms with Gasteiger partial charge in [-0.3, -0.25) is 0 Å². The topological polar surface area (TPSA) is 47.6 Å². The number of methoxy groups -OCH3 is 1. The van der Waals surface area contributed by atoms with E-state index in [0.717, 1.165) is 14.4 Å². The Morgan fingerprint density at radius 1 is 1.79 bits per heavy atom. The lowest BCUT2D eigenvalue weighted by atomic mass is 10.3. The van der Waals surface area contributed by atoms with Crippen LogP contribution in [0.5, 0.6) is 5.06 Å². The molecule has 1 aliphatic heterocycles. The van der Waals surface area contributed by atoms with Crippen LogP contribution in [0, 0.1) is 0 Å². The van der Waals surface area contributed by atoms with Crippen LogP contribution >= 0.6 is 27.3 Å². The van der Waals surface area contributed by atoms with Gasteiger partial charge in [0.15, 0.2) is 11.2 Å². The van der Waals surface area contributed by atoms with Gasteiger partial charge in [-0.15, -0.1) is 0 Å². The smallest absolute Gasteiger partial charge is 0.407 e. The molecule has 1 aliphatic rings. The fourth-order valence-corrected chi connectivity index (χ4v) is 2.91. The fourth-order valence-electron chi connectivity index (χ4n) is 1.21. The largest absolute Gasteiger partial charge is 0.486 e. The van der Waals surface area contributed by atoms with Crippen molar-refractivity contribution < 1.29 is 14.3 Å². The number of thiophene rings is 1. The number of alkyl carbamates (subject to hydrolysis) is 1. The van der Waals surface area contributed by atoms with Crippen LogP contribution in [0.15, 0.2) is 10.5 Å². The first-order chi connectivity index (χ1) is 6.70. The zero-order valence-corrected chi connectivity index (χ0v) is 9.78. The van der Waals surface area contributed by atoms with Gasteiger partial charge in [-0.05, 0) is 22.0 Å². The Hall–Kier alpha value is -0.750. The standard InChI is InChI=1S/C8H8BrNO3S/c1-12-7-4(9)2-6(14-7)5-3-10-8(11)13-5/h2,5H,3H2,1H3,(H,10,11). The van der Waals surface area contributed by atoms with E-state index in [0.29, 0.717) is 6.54 Å². The maximum atomic E-state index is 10.8. The summed E-state index contributed by atoms with van der Waals surface area (Å²) >= 11 is 4.84. The lowest BCUT2D eigenvalue weighted by Crippen LogP contribution is -2.12. The van der Waals surface area contributed by atoms with Gasteiger partial charge in [0.25, 0.3) is 0 Å². The lowest BCUT2D eigenvalue weighted by molar-refractivity contribution is 0.142. The van der Waals surface area contributed by atoms with Crippen molar-refractivity contribution in [3.05, 3.63) is 15.4 Å². The van der Waals surface area contributed by atoms with E-state index in [1.165, 1.54) is 11.3 Å². The number of cyclic esters (lactones) is 1. The summed E-state index contributed by atoms with van der Waals surface area (Å²) in [4.78, 5) is 11.8. The van der Waals surface area contributed by atoms with E-state index >= 15 is 0 Å². The molecule has 1 unspecified atom stereocenters. The number of nitrogens with one attached hydrogen (secondary N) is 1. The molecular formula is C8H8BrNO3S. The van der Waals surface area contributed by atoms with Crippen molar-refractivity contribution in [1.29, 1.82) is 0 Å². The van der Waals surface area contributed by atoms with E-state index in [-0.39, 0.29) is 12.2 Å². The van der Waals surface area contributed by atoms with Crippen LogP contribution in [0.3, 0.4) is 0 Å². The third-order valence-corrected chi connectivity index (χ3v) is 3.90. The predicted octanol–water partition coefficient (Wildman–Crippen LogP) is 2.30. The molecule has 1 fully saturated rings. The molecular weight excluding hydrogens is 270 g/mol. The van der Waals surface area contributed by atoms with Crippen molar-refractivity contribution >= 4 is 33.4 Å². The lowest BCUT2D eigenvalue weighted by Gasteiger charge is -2.02. The first-order valence-electron chi connectivity index (χ1n) is 3.98. The van der Waals surface area contributed by atoms with Crippen LogP contribution in [0.1, 0.15) is 11.0 Å². The van der Waals surface area contributed by atoms with Gasteiger partial charge in [-0.25, -0.2) is 4.79 Å². The zero-order chi connectivity index (χ0) is 10.1. The number of ether oxygens (including phenoxy) is 2. The molecule has 1 aromatic rings. The fraction of sp³-hybridized carbons (Fsp3) is 0.375. The van der Waals surface area contributed by atoms with E-state index in [4.69, 9.17) is 9.47 Å². The number of rotatable bonds is 2. The minimum atomic E-state index is -0.363. The van der Waals surface area contributed by atoms with E-state index < -0.39 is 0 Å². The number of carbonyl (C=O) groups excluding carboxylic acids is 1. The summed E-state index contributed by atoms with van der Waals surface area (Å²) in [5, 5.41) is 3.40. The number of halogens is 1. The minimum absolute atomic E-state index is 0.187. The van der Waals surface area contributed by atoms with Crippen LogP contribution in [-0.4, -0.2) is 19.7 Å². The minimum Gasteiger partial charge on any atom is -0.486 e. The number of hydrogen-bond donors (Lipinski definition) is 1. The van der Waals surface area contributed by atoms with Gasteiger partial charge < -0.3 is 14.8 Å². The van der Waals surface area contributed by atoms with Gasteiger partial charge in [0, 0.05) is 0 Å². The maximum absolute atomic E-state index is 10.8. The van der Waals surface area contributed by atoms with Gasteiger partial charge in [0.05, 0.1) is 23.0 Å². The molecule has 0 aromatic carbocycles. The number of carbonyl (C=O) groups is 1. The highest BCUT2D eigenvalue weighted by Crippen LogP contribution is 2.39. The Bertz CT molecular complexity index is 365. The molecule has 4 nitrogen and oxygen atoms in total. The Morgan fingerprint density at radius 3 is 3.07 bits per heavy atom. The second-order valence-corrected chi connectivity index (χ2v) is 4.66. The van der Waals surface area contributed by atoms with E-state index in [1.807, 2.05) is 6.07 Å². The van der Waals surface area contributed by atoms with Gasteiger partial charge >= 0.3 is 6.09 Å². The molecule has 1 atom stereocenters. The molecule has 1 aromatic heterocycles. The molecule has 76 valence electrons. The normalized spacial score (nSPS) is 20.4. The first kappa shape index (κ1) is 9.79. The molecule has 14 heavy (non-hydrogen) atoms. The van der Waals surface area contributed by atoms with Crippen LogP contribution in [0.2, 0.25) is 0 Å². The summed E-state index contributed by atoms with van der Waals surface area (Å²) in [6.45, 7) is 0.523. The van der Waals surface area contributed by atoms with Crippen molar-refractivity contribution in [2.24, 2.45) is 0 Å². The molecule has 0 bridgehead atoms. The summed E-state index contributed by atoms with van der Waals surface area (Å²) in [7, 11) is 1.61. The van der Waals surface area contributed by atoms with Crippen LogP contribution in [0.25, 0.3) is 0 Å². The summed E-state index contributed by atoms with van der Waals surface area (Å²) in [6.07, 6.45) is -0.550. The van der Waals surface area contributed by atoms with Gasteiger partial charge in [0.1, 0.15) is 0 Å². The third-order valence-electron chi connectivity index (χ3n) is 1.86. The molecule has 2 rings (SSSR count). The average Bonchev–Trinajstić information content (AvgIpc) is 2.71. The second-order valence-electron chi connectivity index (χ2n) is 2.76. The van der Waals surface area contributed by atoms with Crippen molar-refractivity contribution in [1.82, 2.24) is 5.32 Å². The molecule has 0 radical (unpaired) electrons. The van der Waals surface area contributed by atoms with E-state index in [2.05, 4.69) is 21.2 Å². The Balaban J connectivity index is 2.20. The van der Waals surface area contributed by atoms with Crippen molar-refractivity contribution in [3.63, 3.8) is 0 Å². The second kappa shape index (κ2) is 3.78. The molecule has 1 N–H and O–H groups in total. The summed E-state index contributed by atoms with van der Waals surface area (Å²) in [6, 6.07) is 1.91. The molecule has 1 saturated heterocycles. The third kappa shape index (κ3) is 1.72. The average molecular weight is 278 g/mol. The van der Waals surface area contributed by atoms with Crippen molar-refractivity contribution in [3.8, 4) is 5.06 Å². The highest BCUT2D eigenvalue weighted by Gasteiger charge is 2.26. The Morgan fingerprint density at radius 2 is 2.57 bits per heavy atom. The Labute approximate surface area is 93.3 Å². The number of hydrogen-bond acceptors (Lipinski definition) is 4. The molecule has 0 spiro atoms. The van der Waals surface area contributed by atoms with Crippen LogP contribution in [0.4, 0.5) is 4.79 Å². The highest BCUT2D eigenvalue weighted by molar-refractivity contribution is 9.10. The first-order valence-corrected chi connectivity index (χ1v) is 5.59. The molecule has 1 amide bonds. The van der Waals surface area contributed by atoms with E-state index in [1.54, 1.807) is 7.11 Å². The molecule has 6 heteroatoms. The molecule has 0 saturated carbocycles. The highest BCUT2D eigenvalue weighted by atomic mass is 79.9. The Kier molecular flexibility index (Phi) is 2.64. The summed E-state index contributed by atoms with van der Waals surface area (Å²) in [5.41, 5.74) is 0. The quantitative estimate of drug-likeness (QED) is 0.903. The van der Waals surface area contributed by atoms with Gasteiger partial charge in [-0.1, -0.05) is 11.3 Å². The maximum Gasteiger partial charge on any atom is 0.407 e. The van der Waals surface area contributed by atoms with Crippen molar-refractivity contribution in [2.45, 2.75) is 6.10 Å². The molecule has 2 heterocycles.